The third-order valence-electron chi connectivity index (χ3n) is 5.51. The van der Waals surface area contributed by atoms with E-state index in [2.05, 4.69) is 46.1 Å². The topological polar surface area (TPSA) is 45.2 Å². The van der Waals surface area contributed by atoms with E-state index in [1.807, 2.05) is 37.6 Å². The fourth-order valence-corrected chi connectivity index (χ4v) is 3.87. The van der Waals surface area contributed by atoms with Crippen LogP contribution in [-0.2, 0) is 6.54 Å². The molecule has 0 amide bonds. The summed E-state index contributed by atoms with van der Waals surface area (Å²) in [7, 11) is 3.92. The Kier molecular flexibility index (Phi) is 5.03. The van der Waals surface area contributed by atoms with Crippen LogP contribution in [-0.4, -0.2) is 47.0 Å². The van der Waals surface area contributed by atoms with Gasteiger partial charge in [0.1, 0.15) is 0 Å². The Bertz CT molecular complexity index is 912. The standard InChI is InChI=1S/C22H27N5/c1-16-5-4-6-19-14-23-21(11-20(16)19)18-7-9-27(10-8-18)15-17-12-24-22(25-13-17)26(2)3/h4-6,11-14,18H,7-10,15H2,1-3H3. The van der Waals surface area contributed by atoms with Crippen molar-refractivity contribution >= 4 is 16.7 Å². The van der Waals surface area contributed by atoms with Gasteiger partial charge in [-0.1, -0.05) is 18.2 Å². The van der Waals surface area contributed by atoms with Gasteiger partial charge in [0.2, 0.25) is 5.95 Å². The van der Waals surface area contributed by atoms with Crippen molar-refractivity contribution in [2.75, 3.05) is 32.1 Å². The van der Waals surface area contributed by atoms with Gasteiger partial charge in [0.15, 0.2) is 0 Å². The molecule has 0 saturated carbocycles. The molecule has 4 rings (SSSR count). The number of likely N-dealkylation sites (tertiary alicyclic amines) is 1. The molecule has 5 heteroatoms. The van der Waals surface area contributed by atoms with Crippen molar-refractivity contribution in [3.8, 4) is 0 Å². The average molecular weight is 361 g/mol. The molecule has 0 bridgehead atoms. The first-order valence-electron chi connectivity index (χ1n) is 9.66. The van der Waals surface area contributed by atoms with Crippen LogP contribution >= 0.6 is 0 Å². The van der Waals surface area contributed by atoms with Gasteiger partial charge >= 0.3 is 0 Å². The highest BCUT2D eigenvalue weighted by atomic mass is 15.2. The number of hydrogen-bond acceptors (Lipinski definition) is 5. The van der Waals surface area contributed by atoms with Gasteiger partial charge in [-0.15, -0.1) is 0 Å². The zero-order valence-electron chi connectivity index (χ0n) is 16.4. The van der Waals surface area contributed by atoms with Gasteiger partial charge in [-0.05, 0) is 49.9 Å². The van der Waals surface area contributed by atoms with Crippen molar-refractivity contribution in [1.29, 1.82) is 0 Å². The molecule has 0 spiro atoms. The number of rotatable bonds is 4. The molecule has 27 heavy (non-hydrogen) atoms. The zero-order chi connectivity index (χ0) is 18.8. The lowest BCUT2D eigenvalue weighted by Crippen LogP contribution is -2.32. The number of pyridine rings is 1. The minimum atomic E-state index is 0.553. The van der Waals surface area contributed by atoms with Crippen LogP contribution in [0.2, 0.25) is 0 Å². The maximum Gasteiger partial charge on any atom is 0.224 e. The van der Waals surface area contributed by atoms with Gasteiger partial charge in [-0.3, -0.25) is 9.88 Å². The number of nitrogens with zero attached hydrogens (tertiary/aromatic N) is 5. The summed E-state index contributed by atoms with van der Waals surface area (Å²) in [5, 5.41) is 2.57. The molecule has 140 valence electrons. The van der Waals surface area contributed by atoms with Crippen LogP contribution < -0.4 is 4.90 Å². The van der Waals surface area contributed by atoms with E-state index in [-0.39, 0.29) is 0 Å². The highest BCUT2D eigenvalue weighted by Crippen LogP contribution is 2.30. The number of anilines is 1. The minimum Gasteiger partial charge on any atom is -0.347 e. The van der Waals surface area contributed by atoms with Crippen LogP contribution in [0.15, 0.2) is 42.9 Å². The molecular formula is C22H27N5. The quantitative estimate of drug-likeness (QED) is 0.708. The normalized spacial score (nSPS) is 16.0. The van der Waals surface area contributed by atoms with Crippen molar-refractivity contribution in [3.05, 3.63) is 59.7 Å². The van der Waals surface area contributed by atoms with Gasteiger partial charge in [-0.2, -0.15) is 0 Å². The SMILES string of the molecule is Cc1cccc2cnc(C3CCN(Cc4cnc(N(C)C)nc4)CC3)cc12. The maximum absolute atomic E-state index is 4.76. The number of fused-ring (bicyclic) bond motifs is 1. The lowest BCUT2D eigenvalue weighted by atomic mass is 9.91. The van der Waals surface area contributed by atoms with Gasteiger partial charge in [0, 0.05) is 61.8 Å². The van der Waals surface area contributed by atoms with Gasteiger partial charge < -0.3 is 4.90 Å². The Morgan fingerprint density at radius 3 is 2.48 bits per heavy atom. The molecule has 1 aromatic carbocycles. The summed E-state index contributed by atoms with van der Waals surface area (Å²) in [6, 6.07) is 8.73. The second kappa shape index (κ2) is 7.61. The highest BCUT2D eigenvalue weighted by molar-refractivity contribution is 5.85. The van der Waals surface area contributed by atoms with E-state index in [1.54, 1.807) is 0 Å². The Labute approximate surface area is 161 Å². The Balaban J connectivity index is 1.39. The summed E-state index contributed by atoms with van der Waals surface area (Å²) < 4.78 is 0. The van der Waals surface area contributed by atoms with E-state index >= 15 is 0 Å². The first-order chi connectivity index (χ1) is 13.1. The van der Waals surface area contributed by atoms with Crippen molar-refractivity contribution < 1.29 is 0 Å². The molecule has 5 nitrogen and oxygen atoms in total. The molecule has 1 aliphatic rings. The Morgan fingerprint density at radius 2 is 1.78 bits per heavy atom. The van der Waals surface area contributed by atoms with Crippen molar-refractivity contribution in [3.63, 3.8) is 0 Å². The van der Waals surface area contributed by atoms with E-state index in [0.29, 0.717) is 5.92 Å². The number of piperidine rings is 1. The summed E-state index contributed by atoms with van der Waals surface area (Å²) in [4.78, 5) is 18.0. The van der Waals surface area contributed by atoms with E-state index in [4.69, 9.17) is 4.98 Å². The molecule has 1 fully saturated rings. The Hall–Kier alpha value is -2.53. The second-order valence-corrected chi connectivity index (χ2v) is 7.74. The minimum absolute atomic E-state index is 0.553. The zero-order valence-corrected chi connectivity index (χ0v) is 16.4. The monoisotopic (exact) mass is 361 g/mol. The molecule has 1 aliphatic heterocycles. The van der Waals surface area contributed by atoms with Crippen LogP contribution in [0, 0.1) is 6.92 Å². The van der Waals surface area contributed by atoms with E-state index in [9.17, 15) is 0 Å². The fraction of sp³-hybridized carbons (Fsp3) is 0.409. The molecule has 0 N–H and O–H groups in total. The van der Waals surface area contributed by atoms with Crippen LogP contribution in [0.5, 0.6) is 0 Å². The van der Waals surface area contributed by atoms with Crippen molar-refractivity contribution in [1.82, 2.24) is 19.9 Å². The molecule has 0 atom stereocenters. The maximum atomic E-state index is 4.76. The smallest absolute Gasteiger partial charge is 0.224 e. The number of aryl methyl sites for hydroxylation is 1. The molecule has 0 radical (unpaired) electrons. The predicted molar refractivity (Wildman–Crippen MR) is 110 cm³/mol. The molecular weight excluding hydrogens is 334 g/mol. The third-order valence-corrected chi connectivity index (χ3v) is 5.51. The van der Waals surface area contributed by atoms with Crippen LogP contribution in [0.4, 0.5) is 5.95 Å². The first kappa shape index (κ1) is 17.9. The lowest BCUT2D eigenvalue weighted by molar-refractivity contribution is 0.203. The summed E-state index contributed by atoms with van der Waals surface area (Å²) in [6.07, 6.45) is 8.24. The summed E-state index contributed by atoms with van der Waals surface area (Å²) in [5.74, 6) is 1.31. The van der Waals surface area contributed by atoms with Crippen molar-refractivity contribution in [2.45, 2.75) is 32.2 Å². The van der Waals surface area contributed by atoms with Crippen LogP contribution in [0.1, 0.15) is 35.6 Å². The summed E-state index contributed by atoms with van der Waals surface area (Å²) >= 11 is 0. The second-order valence-electron chi connectivity index (χ2n) is 7.74. The number of hydrogen-bond donors (Lipinski definition) is 0. The molecule has 2 aromatic heterocycles. The highest BCUT2D eigenvalue weighted by Gasteiger charge is 2.22. The largest absolute Gasteiger partial charge is 0.347 e. The lowest BCUT2D eigenvalue weighted by Gasteiger charge is -2.31. The van der Waals surface area contributed by atoms with Crippen LogP contribution in [0.3, 0.4) is 0 Å². The van der Waals surface area contributed by atoms with E-state index < -0.39 is 0 Å². The van der Waals surface area contributed by atoms with Gasteiger partial charge in [0.05, 0.1) is 0 Å². The third kappa shape index (κ3) is 3.93. The predicted octanol–water partition coefficient (Wildman–Crippen LogP) is 3.78. The average Bonchev–Trinajstić information content (AvgIpc) is 2.69. The Morgan fingerprint density at radius 1 is 1.04 bits per heavy atom. The number of aromatic nitrogens is 3. The summed E-state index contributed by atoms with van der Waals surface area (Å²) in [6.45, 7) is 5.28. The molecule has 0 unspecified atom stereocenters. The summed E-state index contributed by atoms with van der Waals surface area (Å²) in [5.41, 5.74) is 3.75. The molecule has 0 aliphatic carbocycles. The first-order valence-corrected chi connectivity index (χ1v) is 9.66. The molecule has 1 saturated heterocycles. The van der Waals surface area contributed by atoms with Crippen molar-refractivity contribution in [2.24, 2.45) is 0 Å². The van der Waals surface area contributed by atoms with E-state index in [1.165, 1.54) is 27.6 Å². The van der Waals surface area contributed by atoms with Crippen LogP contribution in [0.25, 0.3) is 10.8 Å². The molecule has 3 aromatic rings. The number of benzene rings is 1. The van der Waals surface area contributed by atoms with Gasteiger partial charge in [0.25, 0.3) is 0 Å². The van der Waals surface area contributed by atoms with Gasteiger partial charge in [-0.25, -0.2) is 9.97 Å². The fourth-order valence-electron chi connectivity index (χ4n) is 3.87. The van der Waals surface area contributed by atoms with E-state index in [0.717, 1.165) is 38.4 Å². The molecule has 3 heterocycles.